The van der Waals surface area contributed by atoms with E-state index in [1.165, 1.54) is 5.56 Å². The maximum absolute atomic E-state index is 6.25. The van der Waals surface area contributed by atoms with Gasteiger partial charge in [-0.15, -0.1) is 0 Å². The predicted octanol–water partition coefficient (Wildman–Crippen LogP) is 1.79. The Labute approximate surface area is 102 Å². The van der Waals surface area contributed by atoms with Crippen LogP contribution in [0.25, 0.3) is 0 Å². The van der Waals surface area contributed by atoms with Gasteiger partial charge in [0.2, 0.25) is 0 Å². The van der Waals surface area contributed by atoms with Crippen molar-refractivity contribution in [3.05, 3.63) is 28.8 Å². The van der Waals surface area contributed by atoms with Gasteiger partial charge in [0.1, 0.15) is 0 Å². The van der Waals surface area contributed by atoms with Gasteiger partial charge in [-0.25, -0.2) is 0 Å². The van der Waals surface area contributed by atoms with Crippen LogP contribution >= 0.6 is 11.6 Å². The van der Waals surface area contributed by atoms with Crippen molar-refractivity contribution in [3.63, 3.8) is 0 Å². The van der Waals surface area contributed by atoms with Crippen molar-refractivity contribution < 1.29 is 0 Å². The van der Waals surface area contributed by atoms with Crippen molar-refractivity contribution in [1.29, 1.82) is 0 Å². The molecule has 2 N–H and O–H groups in total. The zero-order chi connectivity index (χ0) is 11.4. The quantitative estimate of drug-likeness (QED) is 0.842. The van der Waals surface area contributed by atoms with Gasteiger partial charge in [-0.2, -0.15) is 0 Å². The van der Waals surface area contributed by atoms with Crippen molar-refractivity contribution in [2.45, 2.75) is 6.54 Å². The summed E-state index contributed by atoms with van der Waals surface area (Å²) >= 11 is 6.25. The fraction of sp³-hybridized carbons (Fsp3) is 0.500. The molecule has 1 fully saturated rings. The van der Waals surface area contributed by atoms with Crippen LogP contribution in [0, 0.1) is 0 Å². The normalized spacial score (nSPS) is 17.4. The molecule has 0 spiro atoms. The smallest absolute Gasteiger partial charge is 0.0471 e. The predicted molar refractivity (Wildman–Crippen MR) is 69.1 cm³/mol. The first kappa shape index (κ1) is 11.7. The number of hydrogen-bond donors (Lipinski definition) is 2. The third-order valence-corrected chi connectivity index (χ3v) is 3.30. The lowest BCUT2D eigenvalue weighted by atomic mass is 10.2. The van der Waals surface area contributed by atoms with Crippen LogP contribution in [0.1, 0.15) is 5.56 Å². The highest BCUT2D eigenvalue weighted by molar-refractivity contribution is 6.31. The van der Waals surface area contributed by atoms with E-state index in [1.807, 2.05) is 13.1 Å². The molecule has 1 heterocycles. The molecular weight excluding hydrogens is 222 g/mol. The third-order valence-electron chi connectivity index (χ3n) is 2.95. The number of anilines is 1. The Balaban J connectivity index is 2.03. The SMILES string of the molecule is CNc1ccc(CN2CCNCC2)c(Cl)c1. The lowest BCUT2D eigenvalue weighted by Gasteiger charge is -2.27. The summed E-state index contributed by atoms with van der Waals surface area (Å²) < 4.78 is 0. The number of halogens is 1. The van der Waals surface area contributed by atoms with Crippen LogP contribution in [-0.4, -0.2) is 38.1 Å². The van der Waals surface area contributed by atoms with Gasteiger partial charge >= 0.3 is 0 Å². The average molecular weight is 240 g/mol. The van der Waals surface area contributed by atoms with E-state index in [-0.39, 0.29) is 0 Å². The van der Waals surface area contributed by atoms with Crippen LogP contribution < -0.4 is 10.6 Å². The summed E-state index contributed by atoms with van der Waals surface area (Å²) in [5.74, 6) is 0. The number of rotatable bonds is 3. The largest absolute Gasteiger partial charge is 0.388 e. The number of nitrogens with one attached hydrogen (secondary N) is 2. The second-order valence-corrected chi connectivity index (χ2v) is 4.49. The number of benzene rings is 1. The molecule has 0 atom stereocenters. The Morgan fingerprint density at radius 3 is 2.75 bits per heavy atom. The molecule has 4 heteroatoms. The lowest BCUT2D eigenvalue weighted by Crippen LogP contribution is -2.42. The molecular formula is C12H18ClN3. The molecule has 0 saturated carbocycles. The third kappa shape index (κ3) is 2.88. The van der Waals surface area contributed by atoms with Gasteiger partial charge in [0.25, 0.3) is 0 Å². The molecule has 2 rings (SSSR count). The molecule has 1 aliphatic rings. The molecule has 0 amide bonds. The second-order valence-electron chi connectivity index (χ2n) is 4.08. The molecule has 0 unspecified atom stereocenters. The van der Waals surface area contributed by atoms with E-state index in [0.717, 1.165) is 43.4 Å². The highest BCUT2D eigenvalue weighted by atomic mass is 35.5. The molecule has 1 aromatic rings. The summed E-state index contributed by atoms with van der Waals surface area (Å²) in [5.41, 5.74) is 2.27. The molecule has 0 aromatic heterocycles. The molecule has 88 valence electrons. The summed E-state index contributed by atoms with van der Waals surface area (Å²) in [6.07, 6.45) is 0. The van der Waals surface area contributed by atoms with E-state index in [1.54, 1.807) is 0 Å². The van der Waals surface area contributed by atoms with Crippen molar-refractivity contribution in [2.24, 2.45) is 0 Å². The van der Waals surface area contributed by atoms with E-state index in [2.05, 4.69) is 27.7 Å². The fourth-order valence-electron chi connectivity index (χ4n) is 1.94. The molecule has 16 heavy (non-hydrogen) atoms. The summed E-state index contributed by atoms with van der Waals surface area (Å²) in [7, 11) is 1.90. The maximum Gasteiger partial charge on any atom is 0.0471 e. The van der Waals surface area contributed by atoms with Crippen LogP contribution in [0.15, 0.2) is 18.2 Å². The number of piperazine rings is 1. The number of nitrogens with zero attached hydrogens (tertiary/aromatic N) is 1. The van der Waals surface area contributed by atoms with Crippen LogP contribution in [0.2, 0.25) is 5.02 Å². The Bertz CT molecular complexity index is 348. The van der Waals surface area contributed by atoms with Crippen molar-refractivity contribution in [3.8, 4) is 0 Å². The van der Waals surface area contributed by atoms with E-state index in [0.29, 0.717) is 0 Å². The van der Waals surface area contributed by atoms with Crippen LogP contribution in [0.3, 0.4) is 0 Å². The lowest BCUT2D eigenvalue weighted by molar-refractivity contribution is 0.233. The van der Waals surface area contributed by atoms with Crippen molar-refractivity contribution >= 4 is 17.3 Å². The Morgan fingerprint density at radius 1 is 1.38 bits per heavy atom. The molecule has 1 aromatic carbocycles. The minimum absolute atomic E-state index is 0.852. The fourth-order valence-corrected chi connectivity index (χ4v) is 2.18. The first-order valence-corrected chi connectivity index (χ1v) is 6.06. The molecule has 1 saturated heterocycles. The Kier molecular flexibility index (Phi) is 4.04. The van der Waals surface area contributed by atoms with Crippen molar-refractivity contribution in [1.82, 2.24) is 10.2 Å². The summed E-state index contributed by atoms with van der Waals surface area (Å²) in [6.45, 7) is 5.30. The zero-order valence-corrected chi connectivity index (χ0v) is 10.3. The standard InChI is InChI=1S/C12H18ClN3/c1-14-11-3-2-10(12(13)8-11)9-16-6-4-15-5-7-16/h2-3,8,14-15H,4-7,9H2,1H3. The topological polar surface area (TPSA) is 27.3 Å². The first-order valence-electron chi connectivity index (χ1n) is 5.69. The van der Waals surface area contributed by atoms with Gasteiger partial charge in [-0.05, 0) is 17.7 Å². The monoisotopic (exact) mass is 239 g/mol. The number of hydrogen-bond acceptors (Lipinski definition) is 3. The van der Waals surface area contributed by atoms with E-state index >= 15 is 0 Å². The van der Waals surface area contributed by atoms with Gasteiger partial charge in [0.15, 0.2) is 0 Å². The summed E-state index contributed by atoms with van der Waals surface area (Å²) in [4.78, 5) is 2.43. The molecule has 1 aliphatic heterocycles. The van der Waals surface area contributed by atoms with Crippen LogP contribution in [0.5, 0.6) is 0 Å². The van der Waals surface area contributed by atoms with Crippen molar-refractivity contribution in [2.75, 3.05) is 38.5 Å². The van der Waals surface area contributed by atoms with Crippen LogP contribution in [0.4, 0.5) is 5.69 Å². The van der Waals surface area contributed by atoms with Gasteiger partial charge in [-0.1, -0.05) is 17.7 Å². The maximum atomic E-state index is 6.25. The highest BCUT2D eigenvalue weighted by Gasteiger charge is 2.11. The molecule has 3 nitrogen and oxygen atoms in total. The summed E-state index contributed by atoms with van der Waals surface area (Å²) in [6, 6.07) is 6.17. The Morgan fingerprint density at radius 2 is 2.12 bits per heavy atom. The first-order chi connectivity index (χ1) is 7.79. The molecule has 0 radical (unpaired) electrons. The van der Waals surface area contributed by atoms with Gasteiger partial charge in [0, 0.05) is 50.5 Å². The van der Waals surface area contributed by atoms with Crippen LogP contribution in [-0.2, 0) is 6.54 Å². The van der Waals surface area contributed by atoms with E-state index in [9.17, 15) is 0 Å². The zero-order valence-electron chi connectivity index (χ0n) is 9.59. The molecule has 0 aliphatic carbocycles. The van der Waals surface area contributed by atoms with E-state index in [4.69, 9.17) is 11.6 Å². The van der Waals surface area contributed by atoms with Gasteiger partial charge in [0.05, 0.1) is 0 Å². The minimum Gasteiger partial charge on any atom is -0.388 e. The van der Waals surface area contributed by atoms with E-state index < -0.39 is 0 Å². The molecule has 0 bridgehead atoms. The summed E-state index contributed by atoms with van der Waals surface area (Å²) in [5, 5.41) is 7.29. The van der Waals surface area contributed by atoms with Gasteiger partial charge in [-0.3, -0.25) is 4.90 Å². The minimum atomic E-state index is 0.852. The van der Waals surface area contributed by atoms with Gasteiger partial charge < -0.3 is 10.6 Å². The second kappa shape index (κ2) is 5.53. The highest BCUT2D eigenvalue weighted by Crippen LogP contribution is 2.22. The Hall–Kier alpha value is -0.770. The average Bonchev–Trinajstić information content (AvgIpc) is 2.33.